The first kappa shape index (κ1) is 12.9. The molecule has 1 aliphatic rings. The summed E-state index contributed by atoms with van der Waals surface area (Å²) >= 11 is 0. The second-order valence-electron chi connectivity index (χ2n) is 4.65. The summed E-state index contributed by atoms with van der Waals surface area (Å²) in [6, 6.07) is 4.86. The zero-order chi connectivity index (χ0) is 13.3. The van der Waals surface area contributed by atoms with Gasteiger partial charge in [0, 0.05) is 17.3 Å². The van der Waals surface area contributed by atoms with E-state index in [1.807, 2.05) is 6.92 Å². The van der Waals surface area contributed by atoms with E-state index in [4.69, 9.17) is 0 Å². The first-order valence-electron chi connectivity index (χ1n) is 5.80. The first-order valence-corrected chi connectivity index (χ1v) is 5.80. The fraction of sp³-hybridized carbons (Fsp3) is 0.462. The third-order valence-electron chi connectivity index (χ3n) is 2.96. The van der Waals surface area contributed by atoms with Crippen LogP contribution in [0.1, 0.15) is 28.8 Å². The van der Waals surface area contributed by atoms with Crippen LogP contribution in [0.15, 0.2) is 18.2 Å². The van der Waals surface area contributed by atoms with Crippen molar-refractivity contribution in [3.8, 4) is 0 Å². The predicted molar refractivity (Wildman–Crippen MR) is 63.0 cm³/mol. The van der Waals surface area contributed by atoms with Gasteiger partial charge in [-0.3, -0.25) is 4.79 Å². The summed E-state index contributed by atoms with van der Waals surface area (Å²) in [5.74, 6) is 0. The highest BCUT2D eigenvalue weighted by atomic mass is 19.4. The molecule has 18 heavy (non-hydrogen) atoms. The van der Waals surface area contributed by atoms with Crippen LogP contribution in [0.4, 0.5) is 18.9 Å². The van der Waals surface area contributed by atoms with Crippen LogP contribution in [-0.2, 0) is 0 Å². The number of carbonyl (C=O) groups is 1. The predicted octanol–water partition coefficient (Wildman–Crippen LogP) is 3.34. The van der Waals surface area contributed by atoms with Crippen LogP contribution in [0.5, 0.6) is 0 Å². The van der Waals surface area contributed by atoms with Crippen molar-refractivity contribution in [3.63, 3.8) is 0 Å². The van der Waals surface area contributed by atoms with Gasteiger partial charge < -0.3 is 4.90 Å². The molecule has 0 radical (unpaired) electrons. The second-order valence-corrected chi connectivity index (χ2v) is 4.65. The maximum absolute atomic E-state index is 12.6. The monoisotopic (exact) mass is 257 g/mol. The van der Waals surface area contributed by atoms with Crippen molar-refractivity contribution in [1.82, 2.24) is 0 Å². The zero-order valence-electron chi connectivity index (χ0n) is 10.00. The highest BCUT2D eigenvalue weighted by Gasteiger charge is 2.38. The zero-order valence-corrected chi connectivity index (χ0v) is 10.00. The van der Waals surface area contributed by atoms with Crippen molar-refractivity contribution in [2.45, 2.75) is 32.0 Å². The highest BCUT2D eigenvalue weighted by Crippen LogP contribution is 2.35. The van der Waals surface area contributed by atoms with Crippen molar-refractivity contribution in [2.75, 3.05) is 11.4 Å². The Bertz CT molecular complexity index is 452. The molecule has 0 heterocycles. The lowest BCUT2D eigenvalue weighted by Gasteiger charge is -2.27. The molecule has 1 fully saturated rings. The first-order chi connectivity index (χ1) is 8.40. The van der Waals surface area contributed by atoms with E-state index in [0.717, 1.165) is 18.4 Å². The molecule has 1 aromatic carbocycles. The molecule has 0 saturated heterocycles. The maximum Gasteiger partial charge on any atom is 0.405 e. The molecule has 1 aliphatic carbocycles. The van der Waals surface area contributed by atoms with Crippen LogP contribution in [0, 0.1) is 6.92 Å². The van der Waals surface area contributed by atoms with Gasteiger partial charge in [0.15, 0.2) is 6.29 Å². The summed E-state index contributed by atoms with van der Waals surface area (Å²) in [7, 11) is 0. The summed E-state index contributed by atoms with van der Waals surface area (Å²) < 4.78 is 37.7. The summed E-state index contributed by atoms with van der Waals surface area (Å²) in [6.45, 7) is 0.809. The lowest BCUT2D eigenvalue weighted by Crippen LogP contribution is -2.36. The van der Waals surface area contributed by atoms with Crippen LogP contribution < -0.4 is 4.90 Å². The van der Waals surface area contributed by atoms with E-state index in [-0.39, 0.29) is 6.04 Å². The highest BCUT2D eigenvalue weighted by molar-refractivity contribution is 5.85. The minimum atomic E-state index is -4.26. The number of benzene rings is 1. The van der Waals surface area contributed by atoms with Crippen LogP contribution in [0.3, 0.4) is 0 Å². The topological polar surface area (TPSA) is 20.3 Å². The molecule has 1 saturated carbocycles. The van der Waals surface area contributed by atoms with Crippen molar-refractivity contribution in [2.24, 2.45) is 0 Å². The van der Waals surface area contributed by atoms with Crippen LogP contribution in [0.2, 0.25) is 0 Å². The van der Waals surface area contributed by atoms with Crippen LogP contribution in [0.25, 0.3) is 0 Å². The summed E-state index contributed by atoms with van der Waals surface area (Å²) in [5, 5.41) is 0. The summed E-state index contributed by atoms with van der Waals surface area (Å²) in [5.41, 5.74) is 1.57. The molecule has 5 heteroatoms. The maximum atomic E-state index is 12.6. The fourth-order valence-electron chi connectivity index (χ4n) is 2.02. The van der Waals surface area contributed by atoms with Gasteiger partial charge in [0.25, 0.3) is 0 Å². The number of halogens is 3. The molecular weight excluding hydrogens is 243 g/mol. The van der Waals surface area contributed by atoms with E-state index < -0.39 is 12.7 Å². The standard InChI is InChI=1S/C13H14F3NO/c1-9-2-5-12(10(6-9)7-18)17(11-3-4-11)8-13(14,15)16/h2,5-7,11H,3-4,8H2,1H3. The molecule has 98 valence electrons. The van der Waals surface area contributed by atoms with E-state index in [0.29, 0.717) is 17.5 Å². The molecular formula is C13H14F3NO. The van der Waals surface area contributed by atoms with Crippen molar-refractivity contribution in [3.05, 3.63) is 29.3 Å². The number of nitrogens with zero attached hydrogens (tertiary/aromatic N) is 1. The van der Waals surface area contributed by atoms with Crippen molar-refractivity contribution < 1.29 is 18.0 Å². The Hall–Kier alpha value is -1.52. The van der Waals surface area contributed by atoms with Gasteiger partial charge >= 0.3 is 6.18 Å². The molecule has 2 nitrogen and oxygen atoms in total. The Balaban J connectivity index is 2.33. The number of alkyl halides is 3. The van der Waals surface area contributed by atoms with Gasteiger partial charge in [-0.1, -0.05) is 11.6 Å². The third kappa shape index (κ3) is 3.03. The van der Waals surface area contributed by atoms with Gasteiger partial charge in [0.2, 0.25) is 0 Å². The molecule has 2 rings (SSSR count). The summed E-state index contributed by atoms with van der Waals surface area (Å²) in [6.07, 6.45) is -2.13. The van der Waals surface area contributed by atoms with E-state index in [9.17, 15) is 18.0 Å². The molecule has 0 unspecified atom stereocenters. The number of aldehydes is 1. The lowest BCUT2D eigenvalue weighted by molar-refractivity contribution is -0.120. The Morgan fingerprint density at radius 2 is 2.06 bits per heavy atom. The minimum Gasteiger partial charge on any atom is -0.359 e. The molecule has 0 N–H and O–H groups in total. The number of rotatable bonds is 4. The quantitative estimate of drug-likeness (QED) is 0.771. The molecule has 0 bridgehead atoms. The molecule has 0 amide bonds. The molecule has 0 aliphatic heterocycles. The van der Waals surface area contributed by atoms with E-state index in [1.54, 1.807) is 18.2 Å². The van der Waals surface area contributed by atoms with Gasteiger partial charge in [-0.15, -0.1) is 0 Å². The van der Waals surface area contributed by atoms with Crippen molar-refractivity contribution in [1.29, 1.82) is 0 Å². The number of hydrogen-bond donors (Lipinski definition) is 0. The van der Waals surface area contributed by atoms with Gasteiger partial charge in [0.05, 0.1) is 0 Å². The minimum absolute atomic E-state index is 0.0898. The van der Waals surface area contributed by atoms with Crippen LogP contribution >= 0.6 is 0 Å². The van der Waals surface area contributed by atoms with Crippen molar-refractivity contribution >= 4 is 12.0 Å². The molecule has 0 aromatic heterocycles. The number of carbonyl (C=O) groups excluding carboxylic acids is 1. The largest absolute Gasteiger partial charge is 0.405 e. The molecule has 1 aromatic rings. The lowest BCUT2D eigenvalue weighted by atomic mass is 10.1. The molecule has 0 spiro atoms. The smallest absolute Gasteiger partial charge is 0.359 e. The number of hydrogen-bond acceptors (Lipinski definition) is 2. The Morgan fingerprint density at radius 3 is 2.56 bits per heavy atom. The second kappa shape index (κ2) is 4.63. The van der Waals surface area contributed by atoms with Gasteiger partial charge in [0.1, 0.15) is 6.54 Å². The van der Waals surface area contributed by atoms with Gasteiger partial charge in [-0.25, -0.2) is 0 Å². The van der Waals surface area contributed by atoms with Gasteiger partial charge in [-0.2, -0.15) is 13.2 Å². The third-order valence-corrected chi connectivity index (χ3v) is 2.96. The average molecular weight is 257 g/mol. The van der Waals surface area contributed by atoms with Crippen LogP contribution in [-0.4, -0.2) is 25.0 Å². The fourth-order valence-corrected chi connectivity index (χ4v) is 2.02. The SMILES string of the molecule is Cc1ccc(N(CC(F)(F)F)C2CC2)c(C=O)c1. The number of aryl methyl sites for hydroxylation is 1. The van der Waals surface area contributed by atoms with Gasteiger partial charge in [-0.05, 0) is 31.9 Å². The normalized spacial score (nSPS) is 15.6. The van der Waals surface area contributed by atoms with E-state index in [1.165, 1.54) is 4.90 Å². The average Bonchev–Trinajstić information content (AvgIpc) is 3.08. The summed E-state index contributed by atoms with van der Waals surface area (Å²) in [4.78, 5) is 12.3. The molecule has 0 atom stereocenters. The van der Waals surface area contributed by atoms with E-state index in [2.05, 4.69) is 0 Å². The Labute approximate surface area is 103 Å². The Morgan fingerprint density at radius 1 is 1.39 bits per heavy atom. The Kier molecular flexibility index (Phi) is 3.32. The van der Waals surface area contributed by atoms with E-state index >= 15 is 0 Å². The number of anilines is 1.